The maximum absolute atomic E-state index is 4.72. The molecule has 2 aromatic heterocycles. The molecule has 0 unspecified atom stereocenters. The monoisotopic (exact) mass is 311 g/mol. The van der Waals surface area contributed by atoms with Crippen LogP contribution in [0.15, 0.2) is 42.0 Å². The highest BCUT2D eigenvalue weighted by atomic mass is 32.1. The summed E-state index contributed by atoms with van der Waals surface area (Å²) in [6, 6.07) is 10.8. The first-order chi connectivity index (χ1) is 10.9. The van der Waals surface area contributed by atoms with Gasteiger partial charge in [0.25, 0.3) is 0 Å². The van der Waals surface area contributed by atoms with E-state index in [4.69, 9.17) is 4.98 Å². The van der Waals surface area contributed by atoms with Crippen LogP contribution in [0.25, 0.3) is 11.3 Å². The van der Waals surface area contributed by atoms with Gasteiger partial charge in [0, 0.05) is 30.0 Å². The zero-order valence-corrected chi connectivity index (χ0v) is 13.0. The van der Waals surface area contributed by atoms with Crippen molar-refractivity contribution in [3.8, 4) is 11.3 Å². The molecule has 1 aromatic carbocycles. The average molecular weight is 311 g/mol. The lowest BCUT2D eigenvalue weighted by atomic mass is 10.1. The summed E-state index contributed by atoms with van der Waals surface area (Å²) in [6.07, 6.45) is 3.74. The zero-order valence-electron chi connectivity index (χ0n) is 12.1. The number of benzene rings is 1. The first-order valence-electron chi connectivity index (χ1n) is 7.48. The number of rotatable bonds is 4. The molecule has 1 aliphatic heterocycles. The van der Waals surface area contributed by atoms with Gasteiger partial charge in [-0.05, 0) is 6.42 Å². The molecular weight excluding hydrogens is 294 g/mol. The lowest BCUT2D eigenvalue weighted by molar-refractivity contribution is 0.358. The first-order valence-corrected chi connectivity index (χ1v) is 8.36. The average Bonchev–Trinajstić information content (AvgIpc) is 3.22. The summed E-state index contributed by atoms with van der Waals surface area (Å²) in [5, 5.41) is 11.1. The standard InChI is InChI=1S/C16H17N5S/c1-2-4-12(5-3-1)14-10-22-16(20-14)8-17-13-6-7-15-18-11-19-21(15)9-13/h1-5,10-11,13,17H,6-9H2/t13-/m0/s1. The van der Waals surface area contributed by atoms with Crippen LogP contribution in [0, 0.1) is 0 Å². The van der Waals surface area contributed by atoms with Crippen LogP contribution in [0.1, 0.15) is 17.3 Å². The zero-order chi connectivity index (χ0) is 14.8. The molecule has 0 bridgehead atoms. The van der Waals surface area contributed by atoms with Gasteiger partial charge in [-0.15, -0.1) is 11.3 Å². The maximum atomic E-state index is 4.72. The van der Waals surface area contributed by atoms with Crippen LogP contribution >= 0.6 is 11.3 Å². The third kappa shape index (κ3) is 2.80. The molecule has 3 heterocycles. The van der Waals surface area contributed by atoms with Gasteiger partial charge in [0.1, 0.15) is 17.2 Å². The van der Waals surface area contributed by atoms with Crippen molar-refractivity contribution in [3.05, 3.63) is 52.9 Å². The Labute approximate surface area is 133 Å². The molecule has 1 atom stereocenters. The minimum Gasteiger partial charge on any atom is -0.306 e. The summed E-state index contributed by atoms with van der Waals surface area (Å²) in [7, 11) is 0. The van der Waals surface area contributed by atoms with Gasteiger partial charge in [0.15, 0.2) is 0 Å². The molecular formula is C16H17N5S. The number of hydrogen-bond acceptors (Lipinski definition) is 5. The van der Waals surface area contributed by atoms with E-state index in [1.54, 1.807) is 17.7 Å². The molecule has 3 aromatic rings. The van der Waals surface area contributed by atoms with Crippen LogP contribution in [0.2, 0.25) is 0 Å². The molecule has 22 heavy (non-hydrogen) atoms. The van der Waals surface area contributed by atoms with E-state index in [0.29, 0.717) is 6.04 Å². The Hall–Kier alpha value is -2.05. The fraction of sp³-hybridized carbons (Fsp3) is 0.312. The highest BCUT2D eigenvalue weighted by Crippen LogP contribution is 2.21. The fourth-order valence-corrected chi connectivity index (χ4v) is 3.52. The Morgan fingerprint density at radius 1 is 1.27 bits per heavy atom. The topological polar surface area (TPSA) is 55.6 Å². The van der Waals surface area contributed by atoms with Gasteiger partial charge >= 0.3 is 0 Å². The van der Waals surface area contributed by atoms with Crippen LogP contribution in [0.3, 0.4) is 0 Å². The normalized spacial score (nSPS) is 17.4. The second kappa shape index (κ2) is 5.98. The van der Waals surface area contributed by atoms with Gasteiger partial charge in [0.05, 0.1) is 12.2 Å². The molecule has 0 radical (unpaired) electrons. The van der Waals surface area contributed by atoms with Gasteiger partial charge in [-0.2, -0.15) is 5.10 Å². The molecule has 4 rings (SSSR count). The van der Waals surface area contributed by atoms with Gasteiger partial charge in [-0.25, -0.2) is 14.6 Å². The van der Waals surface area contributed by atoms with Crippen molar-refractivity contribution < 1.29 is 0 Å². The van der Waals surface area contributed by atoms with Crippen LogP contribution in [-0.4, -0.2) is 25.8 Å². The van der Waals surface area contributed by atoms with Crippen LogP contribution in [0.4, 0.5) is 0 Å². The lowest BCUT2D eigenvalue weighted by Crippen LogP contribution is -2.37. The van der Waals surface area contributed by atoms with E-state index >= 15 is 0 Å². The van der Waals surface area contributed by atoms with Crippen LogP contribution in [0.5, 0.6) is 0 Å². The molecule has 0 fully saturated rings. The molecule has 1 aliphatic rings. The summed E-state index contributed by atoms with van der Waals surface area (Å²) in [4.78, 5) is 8.98. The molecule has 6 heteroatoms. The lowest BCUT2D eigenvalue weighted by Gasteiger charge is -2.23. The number of aromatic nitrogens is 4. The largest absolute Gasteiger partial charge is 0.306 e. The van der Waals surface area contributed by atoms with E-state index in [2.05, 4.69) is 32.9 Å². The smallest absolute Gasteiger partial charge is 0.138 e. The van der Waals surface area contributed by atoms with Gasteiger partial charge in [0.2, 0.25) is 0 Å². The molecule has 0 spiro atoms. The van der Waals surface area contributed by atoms with E-state index in [9.17, 15) is 0 Å². The molecule has 112 valence electrons. The molecule has 0 aliphatic carbocycles. The fourth-order valence-electron chi connectivity index (χ4n) is 2.77. The molecule has 0 saturated carbocycles. The Bertz CT molecular complexity index is 749. The van der Waals surface area contributed by atoms with E-state index in [1.807, 2.05) is 22.9 Å². The molecule has 5 nitrogen and oxygen atoms in total. The molecule has 1 N–H and O–H groups in total. The Morgan fingerprint density at radius 2 is 2.18 bits per heavy atom. The van der Waals surface area contributed by atoms with Crippen molar-refractivity contribution in [2.45, 2.75) is 32.0 Å². The highest BCUT2D eigenvalue weighted by Gasteiger charge is 2.19. The summed E-state index contributed by atoms with van der Waals surface area (Å²) >= 11 is 1.71. The minimum atomic E-state index is 0.443. The number of hydrogen-bond donors (Lipinski definition) is 1. The van der Waals surface area contributed by atoms with E-state index < -0.39 is 0 Å². The third-order valence-electron chi connectivity index (χ3n) is 3.97. The second-order valence-electron chi connectivity index (χ2n) is 5.47. The van der Waals surface area contributed by atoms with Crippen molar-refractivity contribution in [1.29, 1.82) is 0 Å². The van der Waals surface area contributed by atoms with Gasteiger partial charge in [-0.3, -0.25) is 0 Å². The predicted octanol–water partition coefficient (Wildman–Crippen LogP) is 2.51. The molecule has 0 amide bonds. The van der Waals surface area contributed by atoms with E-state index in [-0.39, 0.29) is 0 Å². The number of nitrogens with zero attached hydrogens (tertiary/aromatic N) is 4. The first kappa shape index (κ1) is 13.6. The van der Waals surface area contributed by atoms with Crippen molar-refractivity contribution >= 4 is 11.3 Å². The maximum Gasteiger partial charge on any atom is 0.138 e. The summed E-state index contributed by atoms with van der Waals surface area (Å²) in [6.45, 7) is 1.71. The highest BCUT2D eigenvalue weighted by molar-refractivity contribution is 7.09. The summed E-state index contributed by atoms with van der Waals surface area (Å²) < 4.78 is 2.00. The van der Waals surface area contributed by atoms with Crippen molar-refractivity contribution in [1.82, 2.24) is 25.1 Å². The Morgan fingerprint density at radius 3 is 3.09 bits per heavy atom. The summed E-state index contributed by atoms with van der Waals surface area (Å²) in [5.41, 5.74) is 2.24. The number of aryl methyl sites for hydroxylation is 1. The Kier molecular flexibility index (Phi) is 3.70. The Balaban J connectivity index is 1.38. The number of fused-ring (bicyclic) bond motifs is 1. The number of nitrogens with one attached hydrogen (secondary N) is 1. The molecule has 0 saturated heterocycles. The van der Waals surface area contributed by atoms with Crippen LogP contribution < -0.4 is 5.32 Å². The third-order valence-corrected chi connectivity index (χ3v) is 4.82. The summed E-state index contributed by atoms with van der Waals surface area (Å²) in [5.74, 6) is 1.10. The van der Waals surface area contributed by atoms with Crippen molar-refractivity contribution in [3.63, 3.8) is 0 Å². The van der Waals surface area contributed by atoms with Gasteiger partial charge < -0.3 is 5.32 Å². The van der Waals surface area contributed by atoms with Gasteiger partial charge in [-0.1, -0.05) is 30.3 Å². The second-order valence-corrected chi connectivity index (χ2v) is 6.41. The minimum absolute atomic E-state index is 0.443. The van der Waals surface area contributed by atoms with Crippen molar-refractivity contribution in [2.75, 3.05) is 0 Å². The predicted molar refractivity (Wildman–Crippen MR) is 86.5 cm³/mol. The van der Waals surface area contributed by atoms with E-state index in [1.165, 1.54) is 5.56 Å². The number of thiazole rings is 1. The van der Waals surface area contributed by atoms with Crippen LogP contribution in [-0.2, 0) is 19.5 Å². The quantitative estimate of drug-likeness (QED) is 0.804. The SMILES string of the molecule is c1ccc(-c2csc(CN[C@H]3CCc4ncnn4C3)n2)cc1. The van der Waals surface area contributed by atoms with Crippen molar-refractivity contribution in [2.24, 2.45) is 0 Å². The van der Waals surface area contributed by atoms with E-state index in [0.717, 1.165) is 42.5 Å².